The van der Waals surface area contributed by atoms with Gasteiger partial charge in [-0.25, -0.2) is 21.1 Å². The van der Waals surface area contributed by atoms with E-state index in [9.17, 15) is 21.6 Å². The van der Waals surface area contributed by atoms with Crippen molar-refractivity contribution in [2.75, 3.05) is 44.0 Å². The van der Waals surface area contributed by atoms with Gasteiger partial charge >= 0.3 is 0 Å². The van der Waals surface area contributed by atoms with Gasteiger partial charge in [0.1, 0.15) is 0 Å². The van der Waals surface area contributed by atoms with Crippen LogP contribution in [0.15, 0.2) is 53.4 Å². The molecular formula is C27H40ClN3O5S2. The van der Waals surface area contributed by atoms with E-state index in [1.807, 2.05) is 18.2 Å². The Bertz CT molecular complexity index is 1280. The van der Waals surface area contributed by atoms with Crippen LogP contribution in [0.3, 0.4) is 0 Å². The van der Waals surface area contributed by atoms with Crippen molar-refractivity contribution >= 4 is 43.9 Å². The molecule has 0 aliphatic carbocycles. The number of nitrogens with zero attached hydrogens (tertiary/aromatic N) is 2. The highest BCUT2D eigenvalue weighted by Gasteiger charge is 2.27. The lowest BCUT2D eigenvalue weighted by Crippen LogP contribution is -2.44. The Morgan fingerprint density at radius 3 is 2.24 bits per heavy atom. The van der Waals surface area contributed by atoms with Gasteiger partial charge in [-0.3, -0.25) is 4.79 Å². The molecule has 0 bridgehead atoms. The molecule has 1 unspecified atom stereocenters. The highest BCUT2D eigenvalue weighted by atomic mass is 35.5. The quantitative estimate of drug-likeness (QED) is 0.426. The van der Waals surface area contributed by atoms with Crippen molar-refractivity contribution in [3.8, 4) is 0 Å². The van der Waals surface area contributed by atoms with Gasteiger partial charge in [0.2, 0.25) is 10.0 Å². The predicted molar refractivity (Wildman–Crippen MR) is 155 cm³/mol. The lowest BCUT2D eigenvalue weighted by Gasteiger charge is -2.36. The molecule has 1 heterocycles. The maximum Gasteiger partial charge on any atom is 0.255 e. The number of carbonyl (C=O) groups is 1. The first-order valence-electron chi connectivity index (χ1n) is 12.8. The van der Waals surface area contributed by atoms with Crippen molar-refractivity contribution in [3.63, 3.8) is 0 Å². The first-order chi connectivity index (χ1) is 17.4. The summed E-state index contributed by atoms with van der Waals surface area (Å²) in [7, 11) is -6.43. The Hall–Kier alpha value is -1.98. The number of sulfone groups is 1. The second kappa shape index (κ2) is 13.9. The summed E-state index contributed by atoms with van der Waals surface area (Å²) in [6.45, 7) is 7.51. The van der Waals surface area contributed by atoms with E-state index in [4.69, 9.17) is 0 Å². The van der Waals surface area contributed by atoms with E-state index in [-0.39, 0.29) is 23.2 Å². The van der Waals surface area contributed by atoms with Crippen LogP contribution in [-0.4, -0.2) is 76.7 Å². The molecule has 1 saturated heterocycles. The second-order valence-electron chi connectivity index (χ2n) is 10.1. The van der Waals surface area contributed by atoms with Gasteiger partial charge < -0.3 is 10.2 Å². The third-order valence-corrected chi connectivity index (χ3v) is 9.36. The zero-order chi connectivity index (χ0) is 27.2. The van der Waals surface area contributed by atoms with Crippen LogP contribution in [-0.2, 0) is 26.3 Å². The zero-order valence-corrected chi connectivity index (χ0v) is 25.0. The number of hydrogen-bond donors (Lipinski definition) is 1. The minimum Gasteiger partial charge on any atom is -0.322 e. The summed E-state index contributed by atoms with van der Waals surface area (Å²) in [4.78, 5) is 15.4. The van der Waals surface area contributed by atoms with Gasteiger partial charge in [0, 0.05) is 43.2 Å². The molecule has 38 heavy (non-hydrogen) atoms. The van der Waals surface area contributed by atoms with E-state index >= 15 is 0 Å². The molecule has 0 aromatic heterocycles. The Labute approximate surface area is 234 Å². The molecule has 1 aliphatic rings. The van der Waals surface area contributed by atoms with Crippen molar-refractivity contribution in [2.24, 2.45) is 5.92 Å². The third-order valence-electron chi connectivity index (χ3n) is 6.93. The molecular weight excluding hydrogens is 546 g/mol. The molecule has 1 amide bonds. The molecule has 1 fully saturated rings. The van der Waals surface area contributed by atoms with Gasteiger partial charge in [0.05, 0.1) is 11.2 Å². The monoisotopic (exact) mass is 585 g/mol. The number of benzene rings is 2. The molecule has 8 nitrogen and oxygen atoms in total. The average Bonchev–Trinajstić information content (AvgIpc) is 2.83. The lowest BCUT2D eigenvalue weighted by atomic mass is 9.96. The van der Waals surface area contributed by atoms with Crippen LogP contribution in [0.1, 0.15) is 49.0 Å². The first-order valence-corrected chi connectivity index (χ1v) is 16.5. The van der Waals surface area contributed by atoms with Crippen LogP contribution < -0.4 is 5.32 Å². The summed E-state index contributed by atoms with van der Waals surface area (Å²) < 4.78 is 48.5. The molecule has 11 heteroatoms. The van der Waals surface area contributed by atoms with Gasteiger partial charge in [-0.2, -0.15) is 0 Å². The number of nitrogens with one attached hydrogen (secondary N) is 1. The van der Waals surface area contributed by atoms with Gasteiger partial charge in [-0.1, -0.05) is 19.1 Å². The summed E-state index contributed by atoms with van der Waals surface area (Å²) in [5.41, 5.74) is 2.20. The summed E-state index contributed by atoms with van der Waals surface area (Å²) in [6, 6.07) is 14.0. The molecule has 212 valence electrons. The van der Waals surface area contributed by atoms with Crippen molar-refractivity contribution in [2.45, 2.75) is 50.5 Å². The van der Waals surface area contributed by atoms with E-state index in [1.165, 1.54) is 30.5 Å². The molecule has 0 spiro atoms. The molecule has 0 radical (unpaired) electrons. The maximum atomic E-state index is 12.7. The van der Waals surface area contributed by atoms with Gasteiger partial charge in [0.25, 0.3) is 5.91 Å². The van der Waals surface area contributed by atoms with Crippen LogP contribution >= 0.6 is 12.4 Å². The smallest absolute Gasteiger partial charge is 0.255 e. The van der Waals surface area contributed by atoms with Gasteiger partial charge in [-0.15, -0.1) is 12.4 Å². The Kier molecular flexibility index (Phi) is 11.8. The van der Waals surface area contributed by atoms with Gasteiger partial charge in [0.15, 0.2) is 9.84 Å². The number of carbonyl (C=O) groups excluding carboxylic acids is 1. The van der Waals surface area contributed by atoms with E-state index in [0.29, 0.717) is 36.3 Å². The van der Waals surface area contributed by atoms with Crippen molar-refractivity contribution in [1.82, 2.24) is 9.21 Å². The van der Waals surface area contributed by atoms with Crippen LogP contribution in [0.5, 0.6) is 0 Å². The number of anilines is 1. The summed E-state index contributed by atoms with van der Waals surface area (Å²) in [5, 5.41) is 2.91. The maximum absolute atomic E-state index is 12.7. The molecule has 2 aromatic rings. The fourth-order valence-electron chi connectivity index (χ4n) is 4.84. The number of rotatable bonds is 11. The largest absolute Gasteiger partial charge is 0.322 e. The van der Waals surface area contributed by atoms with Gasteiger partial charge in [-0.05, 0) is 87.0 Å². The fourth-order valence-corrected chi connectivity index (χ4v) is 6.34. The fraction of sp³-hybridized carbons (Fsp3) is 0.519. The number of hydrogen-bond acceptors (Lipinski definition) is 6. The second-order valence-corrected chi connectivity index (χ2v) is 14.1. The number of piperidine rings is 1. The summed E-state index contributed by atoms with van der Waals surface area (Å²) >= 11 is 0. The van der Waals surface area contributed by atoms with Crippen LogP contribution in [0.2, 0.25) is 0 Å². The minimum absolute atomic E-state index is 0. The van der Waals surface area contributed by atoms with E-state index in [0.717, 1.165) is 50.6 Å². The van der Waals surface area contributed by atoms with Crippen LogP contribution in [0.4, 0.5) is 5.69 Å². The average molecular weight is 586 g/mol. The third kappa shape index (κ3) is 9.34. The zero-order valence-electron chi connectivity index (χ0n) is 22.6. The van der Waals surface area contributed by atoms with Crippen LogP contribution in [0.25, 0.3) is 0 Å². The first kappa shape index (κ1) is 32.2. The van der Waals surface area contributed by atoms with Crippen LogP contribution in [0, 0.1) is 5.92 Å². The molecule has 3 rings (SSSR count). The lowest BCUT2D eigenvalue weighted by molar-refractivity contribution is 0.102. The Balaban J connectivity index is 0.00000507. The van der Waals surface area contributed by atoms with Crippen molar-refractivity contribution < 1.29 is 21.6 Å². The molecule has 1 atom stereocenters. The summed E-state index contributed by atoms with van der Waals surface area (Å²) in [6.07, 6.45) is 6.05. The molecule has 2 aromatic carbocycles. The number of amides is 1. The molecule has 1 aliphatic heterocycles. The normalized spacial score (nSPS) is 16.1. The van der Waals surface area contributed by atoms with E-state index in [1.54, 1.807) is 4.31 Å². The minimum atomic E-state index is -3.31. The Morgan fingerprint density at radius 2 is 1.68 bits per heavy atom. The molecule has 0 saturated carbocycles. The number of sulfonamides is 1. The van der Waals surface area contributed by atoms with E-state index in [2.05, 4.69) is 30.1 Å². The standard InChI is InChI=1S/C27H39N3O5S2.ClH/c1-5-15-29(20-22-13-16-30(17-14-22)37(4,34)35)21(2)18-23-7-6-8-25(19-23)28-27(31)24-9-11-26(12-10-24)36(3,32)33;/h6-12,19,21-22H,5,13-18,20H2,1-4H3,(H,28,31);1H. The predicted octanol–water partition coefficient (Wildman–Crippen LogP) is 4.08. The van der Waals surface area contributed by atoms with Crippen molar-refractivity contribution in [3.05, 3.63) is 59.7 Å². The topological polar surface area (TPSA) is 104 Å². The highest BCUT2D eigenvalue weighted by molar-refractivity contribution is 7.90. The number of halogens is 1. The van der Waals surface area contributed by atoms with Crippen molar-refractivity contribution in [1.29, 1.82) is 0 Å². The summed E-state index contributed by atoms with van der Waals surface area (Å²) in [5.74, 6) is 0.185. The SMILES string of the molecule is CCCN(CC1CCN(S(C)(=O)=O)CC1)C(C)Cc1cccc(NC(=O)c2ccc(S(C)(=O)=O)cc2)c1.Cl. The van der Waals surface area contributed by atoms with E-state index < -0.39 is 19.9 Å². The Morgan fingerprint density at radius 1 is 1.05 bits per heavy atom. The molecule has 1 N–H and O–H groups in total. The highest BCUT2D eigenvalue weighted by Crippen LogP contribution is 2.23.